The van der Waals surface area contributed by atoms with Gasteiger partial charge >= 0.3 is 0 Å². The number of nitrogens with one attached hydrogen (secondary N) is 3. The van der Waals surface area contributed by atoms with Crippen molar-refractivity contribution in [2.45, 2.75) is 46.1 Å². The third-order valence-electron chi connectivity index (χ3n) is 4.11. The summed E-state index contributed by atoms with van der Waals surface area (Å²) in [5, 5.41) is 8.75. The van der Waals surface area contributed by atoms with Gasteiger partial charge in [-0.25, -0.2) is 0 Å². The van der Waals surface area contributed by atoms with E-state index in [1.54, 1.807) is 24.3 Å². The maximum absolute atomic E-state index is 12.2. The predicted molar refractivity (Wildman–Crippen MR) is 114 cm³/mol. The van der Waals surface area contributed by atoms with Crippen molar-refractivity contribution in [2.24, 2.45) is 0 Å². The maximum Gasteiger partial charge on any atom is 0.243 e. The van der Waals surface area contributed by atoms with Crippen LogP contribution < -0.4 is 20.7 Å². The summed E-state index contributed by atoms with van der Waals surface area (Å²) < 4.78 is 5.79. The highest BCUT2D eigenvalue weighted by molar-refractivity contribution is 5.95. The van der Waals surface area contributed by atoms with Gasteiger partial charge in [0.05, 0.1) is 12.6 Å². The third-order valence-corrected chi connectivity index (χ3v) is 4.11. The van der Waals surface area contributed by atoms with Crippen LogP contribution in [0.4, 0.5) is 17.1 Å². The SMILES string of the molecule is CCCC(=O)Nc1cccc(NC(=O)CNc2cccc(OC(C)CC)c2)c1. The monoisotopic (exact) mass is 383 g/mol. The molecule has 6 nitrogen and oxygen atoms in total. The van der Waals surface area contributed by atoms with Gasteiger partial charge in [0.25, 0.3) is 0 Å². The zero-order valence-corrected chi connectivity index (χ0v) is 16.7. The van der Waals surface area contributed by atoms with E-state index in [9.17, 15) is 9.59 Å². The molecule has 1 atom stereocenters. The van der Waals surface area contributed by atoms with Gasteiger partial charge in [0.1, 0.15) is 5.75 Å². The first-order valence-electron chi connectivity index (χ1n) is 9.70. The van der Waals surface area contributed by atoms with Crippen LogP contribution in [0.1, 0.15) is 40.0 Å². The Morgan fingerprint density at radius 2 is 1.57 bits per heavy atom. The smallest absolute Gasteiger partial charge is 0.243 e. The van der Waals surface area contributed by atoms with E-state index in [0.717, 1.165) is 24.3 Å². The predicted octanol–water partition coefficient (Wildman–Crippen LogP) is 4.65. The lowest BCUT2D eigenvalue weighted by Crippen LogP contribution is -2.22. The second-order valence-electron chi connectivity index (χ2n) is 6.65. The van der Waals surface area contributed by atoms with Crippen molar-refractivity contribution in [3.8, 4) is 5.75 Å². The lowest BCUT2D eigenvalue weighted by atomic mass is 10.2. The molecule has 0 aliphatic carbocycles. The van der Waals surface area contributed by atoms with E-state index < -0.39 is 0 Å². The fourth-order valence-electron chi connectivity index (χ4n) is 2.51. The molecular formula is C22H29N3O3. The lowest BCUT2D eigenvalue weighted by molar-refractivity contribution is -0.116. The summed E-state index contributed by atoms with van der Waals surface area (Å²) in [5.41, 5.74) is 2.12. The van der Waals surface area contributed by atoms with Crippen molar-refractivity contribution in [3.05, 3.63) is 48.5 Å². The normalized spacial score (nSPS) is 11.4. The molecule has 0 aliphatic heterocycles. The summed E-state index contributed by atoms with van der Waals surface area (Å²) in [7, 11) is 0. The van der Waals surface area contributed by atoms with Crippen LogP contribution >= 0.6 is 0 Å². The summed E-state index contributed by atoms with van der Waals surface area (Å²) in [5.74, 6) is 0.563. The van der Waals surface area contributed by atoms with Crippen LogP contribution in [0.2, 0.25) is 0 Å². The minimum Gasteiger partial charge on any atom is -0.491 e. The summed E-state index contributed by atoms with van der Waals surface area (Å²) in [6.07, 6.45) is 2.33. The number of carbonyl (C=O) groups excluding carboxylic acids is 2. The standard InChI is InChI=1S/C22H29N3O3/c1-4-8-21(26)24-18-10-6-11-19(13-18)25-22(27)15-23-17-9-7-12-20(14-17)28-16(3)5-2/h6-7,9-14,16,23H,4-5,8,15H2,1-3H3,(H,24,26)(H,25,27). The molecule has 1 unspecified atom stereocenters. The Morgan fingerprint density at radius 3 is 2.25 bits per heavy atom. The molecule has 3 N–H and O–H groups in total. The summed E-state index contributed by atoms with van der Waals surface area (Å²) in [6.45, 7) is 6.17. The highest BCUT2D eigenvalue weighted by Gasteiger charge is 2.06. The molecule has 28 heavy (non-hydrogen) atoms. The van der Waals surface area contributed by atoms with Gasteiger partial charge in [0.15, 0.2) is 0 Å². The molecule has 0 aromatic heterocycles. The van der Waals surface area contributed by atoms with Crippen LogP contribution in [0, 0.1) is 0 Å². The van der Waals surface area contributed by atoms with E-state index in [1.807, 2.05) is 38.1 Å². The van der Waals surface area contributed by atoms with Gasteiger partial charge in [0, 0.05) is 29.5 Å². The largest absolute Gasteiger partial charge is 0.491 e. The van der Waals surface area contributed by atoms with Crippen LogP contribution in [0.5, 0.6) is 5.75 Å². The van der Waals surface area contributed by atoms with Crippen molar-refractivity contribution < 1.29 is 14.3 Å². The average Bonchev–Trinajstić information content (AvgIpc) is 2.67. The summed E-state index contributed by atoms with van der Waals surface area (Å²) >= 11 is 0. The van der Waals surface area contributed by atoms with Gasteiger partial charge in [-0.15, -0.1) is 0 Å². The van der Waals surface area contributed by atoms with Gasteiger partial charge in [0.2, 0.25) is 11.8 Å². The molecule has 0 saturated carbocycles. The molecule has 0 saturated heterocycles. The van der Waals surface area contributed by atoms with Gasteiger partial charge in [-0.2, -0.15) is 0 Å². The van der Waals surface area contributed by atoms with Gasteiger partial charge in [-0.1, -0.05) is 26.0 Å². The van der Waals surface area contributed by atoms with Gasteiger partial charge in [-0.05, 0) is 50.1 Å². The van der Waals surface area contributed by atoms with Crippen molar-refractivity contribution in [1.82, 2.24) is 0 Å². The molecule has 150 valence electrons. The molecule has 0 heterocycles. The van der Waals surface area contributed by atoms with E-state index in [0.29, 0.717) is 17.8 Å². The molecule has 0 bridgehead atoms. The first-order valence-corrected chi connectivity index (χ1v) is 9.70. The zero-order valence-electron chi connectivity index (χ0n) is 16.7. The third kappa shape index (κ3) is 7.31. The number of hydrogen-bond acceptors (Lipinski definition) is 4. The van der Waals surface area contributed by atoms with Crippen molar-refractivity contribution >= 4 is 28.9 Å². The Hall–Kier alpha value is -3.02. The lowest BCUT2D eigenvalue weighted by Gasteiger charge is -2.14. The molecule has 0 fully saturated rings. The van der Waals surface area contributed by atoms with E-state index in [2.05, 4.69) is 22.9 Å². The Kier molecular flexibility index (Phi) is 8.34. The van der Waals surface area contributed by atoms with E-state index >= 15 is 0 Å². The van der Waals surface area contributed by atoms with Crippen LogP contribution in [0.3, 0.4) is 0 Å². The number of anilines is 3. The van der Waals surface area contributed by atoms with Crippen LogP contribution in [-0.4, -0.2) is 24.5 Å². The molecule has 0 aliphatic rings. The van der Waals surface area contributed by atoms with Crippen LogP contribution in [-0.2, 0) is 9.59 Å². The Morgan fingerprint density at radius 1 is 0.929 bits per heavy atom. The molecule has 2 aromatic carbocycles. The van der Waals surface area contributed by atoms with E-state index in [-0.39, 0.29) is 24.5 Å². The topological polar surface area (TPSA) is 79.5 Å². The summed E-state index contributed by atoms with van der Waals surface area (Å²) in [6, 6.07) is 14.7. The quantitative estimate of drug-likeness (QED) is 0.558. The van der Waals surface area contributed by atoms with Crippen LogP contribution in [0.15, 0.2) is 48.5 Å². The van der Waals surface area contributed by atoms with Crippen molar-refractivity contribution in [1.29, 1.82) is 0 Å². The van der Waals surface area contributed by atoms with E-state index in [4.69, 9.17) is 4.74 Å². The number of hydrogen-bond donors (Lipinski definition) is 3. The van der Waals surface area contributed by atoms with Crippen molar-refractivity contribution in [3.63, 3.8) is 0 Å². The number of ether oxygens (including phenoxy) is 1. The molecule has 0 radical (unpaired) electrons. The summed E-state index contributed by atoms with van der Waals surface area (Å²) in [4.78, 5) is 23.9. The molecule has 2 amide bonds. The van der Waals surface area contributed by atoms with Crippen molar-refractivity contribution in [2.75, 3.05) is 22.5 Å². The van der Waals surface area contributed by atoms with Gasteiger partial charge in [-0.3, -0.25) is 9.59 Å². The minimum absolute atomic E-state index is 0.0351. The Labute approximate surface area is 166 Å². The molecule has 0 spiro atoms. The highest BCUT2D eigenvalue weighted by Crippen LogP contribution is 2.19. The van der Waals surface area contributed by atoms with E-state index in [1.165, 1.54) is 0 Å². The number of benzene rings is 2. The molecule has 2 aromatic rings. The zero-order chi connectivity index (χ0) is 20.4. The average molecular weight is 383 g/mol. The fraction of sp³-hybridized carbons (Fsp3) is 0.364. The first-order chi connectivity index (χ1) is 13.5. The minimum atomic E-state index is -0.176. The maximum atomic E-state index is 12.2. The Bertz CT molecular complexity index is 792. The fourth-order valence-corrected chi connectivity index (χ4v) is 2.51. The number of rotatable bonds is 10. The first kappa shape index (κ1) is 21.3. The number of carbonyl (C=O) groups is 2. The Balaban J connectivity index is 1.87. The molecule has 6 heteroatoms. The number of amides is 2. The van der Waals surface area contributed by atoms with Crippen LogP contribution in [0.25, 0.3) is 0 Å². The molecular weight excluding hydrogens is 354 g/mol. The van der Waals surface area contributed by atoms with Gasteiger partial charge < -0.3 is 20.7 Å². The highest BCUT2D eigenvalue weighted by atomic mass is 16.5. The second kappa shape index (κ2) is 11.0. The second-order valence-corrected chi connectivity index (χ2v) is 6.65. The molecule has 2 rings (SSSR count).